The van der Waals surface area contributed by atoms with Crippen LogP contribution in [0.5, 0.6) is 0 Å². The van der Waals surface area contributed by atoms with Gasteiger partial charge in [0.05, 0.1) is 0 Å². The standard InChI is InChI=1S/C5H9BNO/c1-2-5-4-8-6-7(5)3-1/h5H,1-4H2. The average Bonchev–Trinajstić information content (AvgIpc) is 2.15. The van der Waals surface area contributed by atoms with Gasteiger partial charge in [0.2, 0.25) is 0 Å². The van der Waals surface area contributed by atoms with Gasteiger partial charge in [-0.3, -0.25) is 0 Å². The molecule has 3 heteroatoms. The molecule has 1 atom stereocenters. The summed E-state index contributed by atoms with van der Waals surface area (Å²) in [5.74, 6) is 0. The zero-order valence-electron chi connectivity index (χ0n) is 4.84. The van der Waals surface area contributed by atoms with E-state index in [1.807, 2.05) is 7.62 Å². The van der Waals surface area contributed by atoms with Crippen LogP contribution in [-0.4, -0.2) is 31.6 Å². The second-order valence-electron chi connectivity index (χ2n) is 2.47. The first-order valence-electron chi connectivity index (χ1n) is 3.17. The van der Waals surface area contributed by atoms with Gasteiger partial charge in [0.15, 0.2) is 0 Å². The predicted octanol–water partition coefficient (Wildman–Crippen LogP) is 0.0152. The molecule has 0 aromatic rings. The van der Waals surface area contributed by atoms with Crippen LogP contribution in [0.25, 0.3) is 0 Å². The van der Waals surface area contributed by atoms with E-state index >= 15 is 0 Å². The highest BCUT2D eigenvalue weighted by Gasteiger charge is 2.30. The lowest BCUT2D eigenvalue weighted by atomic mass is 10.2. The van der Waals surface area contributed by atoms with E-state index in [-0.39, 0.29) is 0 Å². The summed E-state index contributed by atoms with van der Waals surface area (Å²) < 4.78 is 5.11. The Kier molecular flexibility index (Phi) is 1.05. The van der Waals surface area contributed by atoms with Gasteiger partial charge in [0.25, 0.3) is 0 Å². The fourth-order valence-electron chi connectivity index (χ4n) is 1.43. The third kappa shape index (κ3) is 0.582. The number of hydrogen-bond donors (Lipinski definition) is 0. The summed E-state index contributed by atoms with van der Waals surface area (Å²) in [6.07, 6.45) is 2.68. The molecule has 2 aliphatic rings. The van der Waals surface area contributed by atoms with E-state index in [4.69, 9.17) is 4.65 Å². The molecule has 2 aliphatic heterocycles. The van der Waals surface area contributed by atoms with Crippen molar-refractivity contribution in [2.75, 3.05) is 13.2 Å². The predicted molar refractivity (Wildman–Crippen MR) is 31.4 cm³/mol. The van der Waals surface area contributed by atoms with Gasteiger partial charge in [0.1, 0.15) is 0 Å². The van der Waals surface area contributed by atoms with Gasteiger partial charge in [-0.2, -0.15) is 0 Å². The summed E-state index contributed by atoms with van der Waals surface area (Å²) in [5.41, 5.74) is 0. The van der Waals surface area contributed by atoms with Crippen LogP contribution < -0.4 is 0 Å². The highest BCUT2D eigenvalue weighted by molar-refractivity contribution is 6.24. The van der Waals surface area contributed by atoms with E-state index in [1.54, 1.807) is 0 Å². The molecule has 0 saturated carbocycles. The first-order valence-corrected chi connectivity index (χ1v) is 3.17. The SMILES string of the molecule is [B]1OCC2CCCN12. The van der Waals surface area contributed by atoms with E-state index in [0.29, 0.717) is 0 Å². The lowest BCUT2D eigenvalue weighted by Crippen LogP contribution is -2.25. The fraction of sp³-hybridized carbons (Fsp3) is 1.00. The Hall–Kier alpha value is -0.0151. The van der Waals surface area contributed by atoms with Crippen molar-refractivity contribution in [2.45, 2.75) is 18.9 Å². The van der Waals surface area contributed by atoms with Crippen molar-refractivity contribution >= 4 is 7.62 Å². The topological polar surface area (TPSA) is 12.5 Å². The molecule has 0 spiro atoms. The molecule has 2 heterocycles. The minimum absolute atomic E-state index is 0.731. The van der Waals surface area contributed by atoms with Crippen LogP contribution in [0, 0.1) is 0 Å². The number of nitrogens with zero attached hydrogens (tertiary/aromatic N) is 1. The molecule has 0 aromatic heterocycles. The Bertz CT molecular complexity index is 78.4. The van der Waals surface area contributed by atoms with E-state index in [2.05, 4.69) is 4.81 Å². The van der Waals surface area contributed by atoms with E-state index in [0.717, 1.165) is 12.6 Å². The summed E-state index contributed by atoms with van der Waals surface area (Å²) in [7, 11) is 1.87. The van der Waals surface area contributed by atoms with E-state index in [1.165, 1.54) is 19.4 Å². The molecule has 0 amide bonds. The number of hydrogen-bond acceptors (Lipinski definition) is 2. The molecular weight excluding hydrogens is 101 g/mol. The lowest BCUT2D eigenvalue weighted by Gasteiger charge is -2.08. The number of fused-ring (bicyclic) bond motifs is 1. The Morgan fingerprint density at radius 1 is 1.62 bits per heavy atom. The second-order valence-corrected chi connectivity index (χ2v) is 2.47. The van der Waals surface area contributed by atoms with Gasteiger partial charge in [-0.1, -0.05) is 0 Å². The first-order chi connectivity index (χ1) is 3.97. The Labute approximate surface area is 50.1 Å². The molecule has 8 heavy (non-hydrogen) atoms. The van der Waals surface area contributed by atoms with Crippen molar-refractivity contribution in [2.24, 2.45) is 0 Å². The molecule has 0 N–H and O–H groups in total. The van der Waals surface area contributed by atoms with Gasteiger partial charge in [0, 0.05) is 12.6 Å². The van der Waals surface area contributed by atoms with Crippen molar-refractivity contribution in [1.82, 2.24) is 4.81 Å². The van der Waals surface area contributed by atoms with Gasteiger partial charge in [-0.25, -0.2) is 0 Å². The highest BCUT2D eigenvalue weighted by Crippen LogP contribution is 2.19. The van der Waals surface area contributed by atoms with E-state index < -0.39 is 0 Å². The maximum Gasteiger partial charge on any atom is 0.399 e. The largest absolute Gasteiger partial charge is 0.422 e. The maximum atomic E-state index is 5.11. The van der Waals surface area contributed by atoms with Crippen molar-refractivity contribution in [1.29, 1.82) is 0 Å². The molecule has 2 saturated heterocycles. The minimum atomic E-state index is 0.731. The van der Waals surface area contributed by atoms with Gasteiger partial charge >= 0.3 is 7.62 Å². The molecule has 1 unspecified atom stereocenters. The summed E-state index contributed by atoms with van der Waals surface area (Å²) in [4.78, 5) is 2.29. The average molecular weight is 110 g/mol. The zero-order valence-corrected chi connectivity index (χ0v) is 4.84. The summed E-state index contributed by atoms with van der Waals surface area (Å²) in [6.45, 7) is 2.14. The second kappa shape index (κ2) is 1.74. The van der Waals surface area contributed by atoms with Crippen LogP contribution in [0.15, 0.2) is 0 Å². The molecule has 2 fully saturated rings. The van der Waals surface area contributed by atoms with Gasteiger partial charge in [-0.15, -0.1) is 0 Å². The maximum absolute atomic E-state index is 5.11. The normalized spacial score (nSPS) is 37.2. The first kappa shape index (κ1) is 4.83. The monoisotopic (exact) mass is 110 g/mol. The Morgan fingerprint density at radius 2 is 2.62 bits per heavy atom. The lowest BCUT2D eigenvalue weighted by molar-refractivity contribution is 0.337. The molecule has 2 rings (SSSR count). The van der Waals surface area contributed by atoms with Crippen molar-refractivity contribution in [3.8, 4) is 0 Å². The molecule has 0 aromatic carbocycles. The van der Waals surface area contributed by atoms with Crippen LogP contribution >= 0.6 is 0 Å². The van der Waals surface area contributed by atoms with Gasteiger partial charge < -0.3 is 9.47 Å². The summed E-state index contributed by atoms with van der Waals surface area (Å²) in [6, 6.07) is 0.731. The van der Waals surface area contributed by atoms with Crippen molar-refractivity contribution < 1.29 is 4.65 Å². The molecular formula is C5H9BNO. The highest BCUT2D eigenvalue weighted by atomic mass is 16.4. The Balaban J connectivity index is 2.04. The van der Waals surface area contributed by atoms with Crippen LogP contribution in [0.4, 0.5) is 0 Å². The quantitative estimate of drug-likeness (QED) is 0.407. The van der Waals surface area contributed by atoms with Crippen LogP contribution in [0.2, 0.25) is 0 Å². The molecule has 0 aliphatic carbocycles. The molecule has 1 radical (unpaired) electrons. The van der Waals surface area contributed by atoms with Gasteiger partial charge in [-0.05, 0) is 19.4 Å². The van der Waals surface area contributed by atoms with Crippen molar-refractivity contribution in [3.05, 3.63) is 0 Å². The van der Waals surface area contributed by atoms with Crippen LogP contribution in [0.3, 0.4) is 0 Å². The smallest absolute Gasteiger partial charge is 0.399 e. The summed E-state index contributed by atoms with van der Waals surface area (Å²) in [5, 5.41) is 0. The van der Waals surface area contributed by atoms with Crippen molar-refractivity contribution in [3.63, 3.8) is 0 Å². The van der Waals surface area contributed by atoms with E-state index in [9.17, 15) is 0 Å². The third-order valence-corrected chi connectivity index (χ3v) is 1.92. The Morgan fingerprint density at radius 3 is 3.50 bits per heavy atom. The zero-order chi connectivity index (χ0) is 5.40. The molecule has 2 nitrogen and oxygen atoms in total. The molecule has 0 bridgehead atoms. The minimum Gasteiger partial charge on any atom is -0.422 e. The number of rotatable bonds is 0. The summed E-state index contributed by atoms with van der Waals surface area (Å²) >= 11 is 0. The molecule has 43 valence electrons. The third-order valence-electron chi connectivity index (χ3n) is 1.92. The van der Waals surface area contributed by atoms with Crippen LogP contribution in [0.1, 0.15) is 12.8 Å². The van der Waals surface area contributed by atoms with Crippen LogP contribution in [-0.2, 0) is 4.65 Å². The fourth-order valence-corrected chi connectivity index (χ4v) is 1.43.